The van der Waals surface area contributed by atoms with E-state index < -0.39 is 37.0 Å². The van der Waals surface area contributed by atoms with Gasteiger partial charge < -0.3 is 25.7 Å². The number of imidazole rings is 1. The van der Waals surface area contributed by atoms with Crippen molar-refractivity contribution in [3.63, 3.8) is 0 Å². The SMILES string of the molecule is CCOc1cc(CC)cc(C(Nc2ccc3c(N)nccc3c2)c2nc(-c3ccccc3)cn2CC(=O)NCC(F)(F)F)c1F. The van der Waals surface area contributed by atoms with Crippen molar-refractivity contribution < 1.29 is 27.1 Å². The van der Waals surface area contributed by atoms with Crippen LogP contribution in [-0.2, 0) is 17.8 Å². The molecule has 0 saturated carbocycles. The third-order valence-corrected chi connectivity index (χ3v) is 7.19. The van der Waals surface area contributed by atoms with Gasteiger partial charge in [-0.3, -0.25) is 4.79 Å². The van der Waals surface area contributed by atoms with Crippen LogP contribution in [0.3, 0.4) is 0 Å². The number of fused-ring (bicyclic) bond motifs is 1. The number of carbonyl (C=O) groups excluding carboxylic acids is 1. The molecular formula is C33H32F4N6O2. The molecule has 2 aromatic heterocycles. The average molecular weight is 621 g/mol. The van der Waals surface area contributed by atoms with E-state index in [1.807, 2.05) is 48.6 Å². The van der Waals surface area contributed by atoms with Crippen LogP contribution in [0.4, 0.5) is 29.1 Å². The Morgan fingerprint density at radius 2 is 1.84 bits per heavy atom. The first-order chi connectivity index (χ1) is 21.6. The van der Waals surface area contributed by atoms with Crippen LogP contribution in [0.2, 0.25) is 0 Å². The minimum atomic E-state index is -4.58. The van der Waals surface area contributed by atoms with Gasteiger partial charge in [0.2, 0.25) is 5.91 Å². The number of ether oxygens (including phenoxy) is 1. The molecule has 3 aromatic carbocycles. The van der Waals surface area contributed by atoms with Crippen molar-refractivity contribution in [1.82, 2.24) is 19.9 Å². The molecule has 45 heavy (non-hydrogen) atoms. The Morgan fingerprint density at radius 1 is 1.07 bits per heavy atom. The number of halogens is 4. The Morgan fingerprint density at radius 3 is 2.56 bits per heavy atom. The Bertz CT molecular complexity index is 1810. The molecule has 4 N–H and O–H groups in total. The molecule has 0 bridgehead atoms. The number of carbonyl (C=O) groups is 1. The van der Waals surface area contributed by atoms with Crippen LogP contribution in [0.1, 0.15) is 36.8 Å². The van der Waals surface area contributed by atoms with E-state index >= 15 is 4.39 Å². The number of hydrogen-bond donors (Lipinski definition) is 3. The van der Waals surface area contributed by atoms with Gasteiger partial charge in [0.05, 0.1) is 12.3 Å². The van der Waals surface area contributed by atoms with E-state index in [1.165, 1.54) is 4.57 Å². The van der Waals surface area contributed by atoms with E-state index in [2.05, 4.69) is 10.3 Å². The van der Waals surface area contributed by atoms with Gasteiger partial charge in [0.1, 0.15) is 30.8 Å². The summed E-state index contributed by atoms with van der Waals surface area (Å²) in [5, 5.41) is 6.79. The Kier molecular flexibility index (Phi) is 9.21. The van der Waals surface area contributed by atoms with Gasteiger partial charge in [-0.1, -0.05) is 43.3 Å². The minimum Gasteiger partial charge on any atom is -0.491 e. The van der Waals surface area contributed by atoms with Crippen LogP contribution in [0, 0.1) is 5.82 Å². The number of nitrogens with zero attached hydrogens (tertiary/aromatic N) is 3. The lowest BCUT2D eigenvalue weighted by Gasteiger charge is -2.24. The van der Waals surface area contributed by atoms with Crippen LogP contribution in [-0.4, -0.2) is 39.8 Å². The molecule has 1 atom stereocenters. The number of nitrogens with two attached hydrogens (primary N) is 1. The first-order valence-electron chi connectivity index (χ1n) is 14.4. The minimum absolute atomic E-state index is 0.0559. The second-order valence-corrected chi connectivity index (χ2v) is 10.4. The van der Waals surface area contributed by atoms with Gasteiger partial charge in [-0.25, -0.2) is 14.4 Å². The van der Waals surface area contributed by atoms with Gasteiger partial charge in [-0.2, -0.15) is 13.2 Å². The molecule has 0 saturated heterocycles. The molecule has 12 heteroatoms. The summed E-state index contributed by atoms with van der Waals surface area (Å²) in [5.41, 5.74) is 8.77. The highest BCUT2D eigenvalue weighted by Gasteiger charge is 2.30. The molecule has 8 nitrogen and oxygen atoms in total. The third kappa shape index (κ3) is 7.34. The van der Waals surface area contributed by atoms with E-state index in [0.29, 0.717) is 29.2 Å². The molecule has 1 unspecified atom stereocenters. The molecular weight excluding hydrogens is 588 g/mol. The van der Waals surface area contributed by atoms with Crippen molar-refractivity contribution >= 4 is 28.2 Å². The molecule has 0 aliphatic rings. The number of nitrogens with one attached hydrogen (secondary N) is 2. The smallest absolute Gasteiger partial charge is 0.405 e. The van der Waals surface area contributed by atoms with Crippen LogP contribution >= 0.6 is 0 Å². The number of pyridine rings is 1. The molecule has 234 valence electrons. The maximum atomic E-state index is 16.3. The second kappa shape index (κ2) is 13.2. The third-order valence-electron chi connectivity index (χ3n) is 7.19. The van der Waals surface area contributed by atoms with E-state index in [4.69, 9.17) is 15.5 Å². The summed E-state index contributed by atoms with van der Waals surface area (Å²) in [7, 11) is 0. The summed E-state index contributed by atoms with van der Waals surface area (Å²) >= 11 is 0. The van der Waals surface area contributed by atoms with Gasteiger partial charge in [0.25, 0.3) is 0 Å². The molecule has 1 amide bonds. The molecule has 0 fully saturated rings. The zero-order valence-electron chi connectivity index (χ0n) is 24.7. The molecule has 0 radical (unpaired) electrons. The highest BCUT2D eigenvalue weighted by atomic mass is 19.4. The van der Waals surface area contributed by atoms with Crippen LogP contribution in [0.25, 0.3) is 22.0 Å². The van der Waals surface area contributed by atoms with Crippen LogP contribution < -0.4 is 21.1 Å². The van der Waals surface area contributed by atoms with E-state index in [0.717, 1.165) is 16.3 Å². The van der Waals surface area contributed by atoms with Gasteiger partial charge in [-0.15, -0.1) is 0 Å². The number of aromatic nitrogens is 3. The molecule has 0 spiro atoms. The van der Waals surface area contributed by atoms with Crippen LogP contribution in [0.5, 0.6) is 5.75 Å². The summed E-state index contributed by atoms with van der Waals surface area (Å²) in [6, 6.07) is 18.6. The van der Waals surface area contributed by atoms with Crippen molar-refractivity contribution in [3.05, 3.63) is 102 Å². The summed E-state index contributed by atoms with van der Waals surface area (Å²) in [4.78, 5) is 21.7. The van der Waals surface area contributed by atoms with Gasteiger partial charge in [-0.05, 0) is 54.6 Å². The predicted molar refractivity (Wildman–Crippen MR) is 165 cm³/mol. The Labute approximate surface area is 257 Å². The summed E-state index contributed by atoms with van der Waals surface area (Å²) < 4.78 is 62.0. The predicted octanol–water partition coefficient (Wildman–Crippen LogP) is 6.66. The number of amides is 1. The van der Waals surface area contributed by atoms with Crippen molar-refractivity contribution in [2.24, 2.45) is 0 Å². The topological polar surface area (TPSA) is 107 Å². The van der Waals surface area contributed by atoms with E-state index in [1.54, 1.807) is 49.6 Å². The number of hydrogen-bond acceptors (Lipinski definition) is 6. The maximum absolute atomic E-state index is 16.3. The van der Waals surface area contributed by atoms with Gasteiger partial charge >= 0.3 is 6.18 Å². The average Bonchev–Trinajstić information content (AvgIpc) is 3.43. The quantitative estimate of drug-likeness (QED) is 0.143. The normalized spacial score (nSPS) is 12.2. The maximum Gasteiger partial charge on any atom is 0.405 e. The van der Waals surface area contributed by atoms with Crippen molar-refractivity contribution in [1.29, 1.82) is 0 Å². The monoisotopic (exact) mass is 620 g/mol. The fourth-order valence-electron chi connectivity index (χ4n) is 5.04. The fraction of sp³-hybridized carbons (Fsp3) is 0.242. The van der Waals surface area contributed by atoms with Crippen molar-refractivity contribution in [2.45, 2.75) is 39.0 Å². The molecule has 0 aliphatic carbocycles. The lowest BCUT2D eigenvalue weighted by Crippen LogP contribution is -2.36. The number of rotatable bonds is 11. The Hall–Kier alpha value is -5.13. The zero-order valence-corrected chi connectivity index (χ0v) is 24.7. The first-order valence-corrected chi connectivity index (χ1v) is 14.4. The number of nitrogen functional groups attached to an aromatic ring is 1. The van der Waals surface area contributed by atoms with Gasteiger partial charge in [0, 0.05) is 34.6 Å². The lowest BCUT2D eigenvalue weighted by molar-refractivity contribution is -0.138. The van der Waals surface area contributed by atoms with Crippen molar-refractivity contribution in [3.8, 4) is 17.0 Å². The summed E-state index contributed by atoms with van der Waals surface area (Å²) in [6.45, 7) is 1.94. The number of anilines is 2. The van der Waals surface area contributed by atoms with Gasteiger partial charge in [0.15, 0.2) is 11.6 Å². The lowest BCUT2D eigenvalue weighted by atomic mass is 9.99. The number of aryl methyl sites for hydroxylation is 1. The second-order valence-electron chi connectivity index (χ2n) is 10.4. The number of benzene rings is 3. The molecule has 0 aliphatic heterocycles. The van der Waals surface area contributed by atoms with E-state index in [9.17, 15) is 18.0 Å². The van der Waals surface area contributed by atoms with Crippen molar-refractivity contribution in [2.75, 3.05) is 24.2 Å². The Balaban J connectivity index is 1.68. The van der Waals surface area contributed by atoms with Crippen LogP contribution in [0.15, 0.2) is 79.1 Å². The standard InChI is InChI=1S/C33H32F4N6O2/c1-3-20-14-25(29(34)27(15-20)45-4-2)30(41-23-10-11-24-22(16-23)12-13-39-31(24)38)32-42-26(21-8-6-5-7-9-21)17-43(32)18-28(44)40-19-33(35,36)37/h5-17,30,41H,3-4,18-19H2,1-2H3,(H2,38,39)(H,40,44). The zero-order chi connectivity index (χ0) is 32.1. The summed E-state index contributed by atoms with van der Waals surface area (Å²) in [5.74, 6) is -0.888. The first kappa shape index (κ1) is 31.3. The molecule has 2 heterocycles. The molecule has 5 rings (SSSR count). The highest BCUT2D eigenvalue weighted by molar-refractivity contribution is 5.93. The fourth-order valence-corrected chi connectivity index (χ4v) is 5.04. The largest absolute Gasteiger partial charge is 0.491 e. The molecule has 5 aromatic rings. The van der Waals surface area contributed by atoms with E-state index in [-0.39, 0.29) is 23.7 Å². The number of alkyl halides is 3. The highest BCUT2D eigenvalue weighted by Crippen LogP contribution is 2.36. The summed E-state index contributed by atoms with van der Waals surface area (Å²) in [6.07, 6.45) is -0.854.